The summed E-state index contributed by atoms with van der Waals surface area (Å²) < 4.78 is 1.94. The number of nitrogens with one attached hydrogen (secondary N) is 1. The topological polar surface area (TPSA) is 42.7 Å². The largest absolute Gasteiger partial charge is 0.365 e. The number of hydrogen-bond acceptors (Lipinski definition) is 4. The first kappa shape index (κ1) is 9.21. The maximum Gasteiger partial charge on any atom is 0.182 e. The number of hydrogen-bond donors (Lipinski definition) is 1. The van der Waals surface area contributed by atoms with Gasteiger partial charge in [0.1, 0.15) is 0 Å². The van der Waals surface area contributed by atoms with E-state index in [0.717, 1.165) is 23.1 Å². The second kappa shape index (κ2) is 3.79. The van der Waals surface area contributed by atoms with Gasteiger partial charge in [0.25, 0.3) is 0 Å². The summed E-state index contributed by atoms with van der Waals surface area (Å²) in [5.41, 5.74) is 2.20. The van der Waals surface area contributed by atoms with Gasteiger partial charge in [-0.1, -0.05) is 0 Å². The number of thiazole rings is 1. The van der Waals surface area contributed by atoms with Gasteiger partial charge in [-0.3, -0.25) is 4.68 Å². The van der Waals surface area contributed by atoms with Gasteiger partial charge in [0, 0.05) is 24.3 Å². The highest BCUT2D eigenvalue weighted by Gasteiger charge is 2.02. The molecular weight excluding hydrogens is 196 g/mol. The molecule has 0 aliphatic rings. The lowest BCUT2D eigenvalue weighted by Gasteiger charge is -2.00. The van der Waals surface area contributed by atoms with E-state index in [9.17, 15) is 0 Å². The van der Waals surface area contributed by atoms with Crippen LogP contribution in [0.1, 0.15) is 11.4 Å². The van der Waals surface area contributed by atoms with Crippen LogP contribution in [0.2, 0.25) is 0 Å². The highest BCUT2D eigenvalue weighted by atomic mass is 32.1. The lowest BCUT2D eigenvalue weighted by atomic mass is 10.4. The fourth-order valence-corrected chi connectivity index (χ4v) is 1.87. The van der Waals surface area contributed by atoms with Crippen LogP contribution in [0.3, 0.4) is 0 Å². The van der Waals surface area contributed by atoms with Crippen LogP contribution in [0.5, 0.6) is 0 Å². The Morgan fingerprint density at radius 1 is 1.57 bits per heavy atom. The minimum Gasteiger partial charge on any atom is -0.365 e. The Morgan fingerprint density at radius 2 is 2.43 bits per heavy atom. The number of aromatic nitrogens is 3. The number of rotatable bonds is 3. The first-order valence-corrected chi connectivity index (χ1v) is 5.28. The van der Waals surface area contributed by atoms with E-state index >= 15 is 0 Å². The van der Waals surface area contributed by atoms with Crippen molar-refractivity contribution in [3.63, 3.8) is 0 Å². The van der Waals surface area contributed by atoms with Crippen molar-refractivity contribution in [2.75, 3.05) is 12.4 Å². The quantitative estimate of drug-likeness (QED) is 0.835. The number of aryl methyl sites for hydroxylation is 1. The van der Waals surface area contributed by atoms with Gasteiger partial charge in [0.05, 0.1) is 12.2 Å². The van der Waals surface area contributed by atoms with E-state index in [1.165, 1.54) is 0 Å². The van der Waals surface area contributed by atoms with Crippen LogP contribution >= 0.6 is 11.3 Å². The molecule has 0 unspecified atom stereocenters. The maximum atomic E-state index is 4.39. The molecule has 0 atom stereocenters. The van der Waals surface area contributed by atoms with Crippen LogP contribution < -0.4 is 5.32 Å². The summed E-state index contributed by atoms with van der Waals surface area (Å²) in [7, 11) is 1.88. The molecule has 0 amide bonds. The zero-order valence-electron chi connectivity index (χ0n) is 8.19. The third-order valence-electron chi connectivity index (χ3n) is 2.01. The first-order chi connectivity index (χ1) is 6.79. The van der Waals surface area contributed by atoms with E-state index < -0.39 is 0 Å². The minimum absolute atomic E-state index is 0.747. The molecule has 1 N–H and O–H groups in total. The molecule has 2 aromatic rings. The smallest absolute Gasteiger partial charge is 0.182 e. The van der Waals surface area contributed by atoms with Gasteiger partial charge >= 0.3 is 0 Å². The summed E-state index contributed by atoms with van der Waals surface area (Å²) in [6, 6.07) is 1.99. The van der Waals surface area contributed by atoms with E-state index in [1.807, 2.05) is 30.1 Å². The molecule has 14 heavy (non-hydrogen) atoms. The molecule has 2 rings (SSSR count). The van der Waals surface area contributed by atoms with Crippen LogP contribution in [-0.4, -0.2) is 21.8 Å². The summed E-state index contributed by atoms with van der Waals surface area (Å²) >= 11 is 1.61. The van der Waals surface area contributed by atoms with Gasteiger partial charge < -0.3 is 5.32 Å². The van der Waals surface area contributed by atoms with E-state index in [1.54, 1.807) is 17.5 Å². The zero-order valence-corrected chi connectivity index (χ0v) is 9.01. The first-order valence-electron chi connectivity index (χ1n) is 4.40. The van der Waals surface area contributed by atoms with Gasteiger partial charge in [-0.25, -0.2) is 4.98 Å². The van der Waals surface area contributed by atoms with Crippen molar-refractivity contribution < 1.29 is 0 Å². The highest BCUT2D eigenvalue weighted by molar-refractivity contribution is 7.13. The van der Waals surface area contributed by atoms with Crippen LogP contribution in [-0.2, 0) is 6.54 Å². The zero-order chi connectivity index (χ0) is 9.97. The molecule has 0 aliphatic carbocycles. The summed E-state index contributed by atoms with van der Waals surface area (Å²) in [6.45, 7) is 2.79. The Balaban J connectivity index is 2.15. The van der Waals surface area contributed by atoms with Crippen molar-refractivity contribution in [2.24, 2.45) is 0 Å². The van der Waals surface area contributed by atoms with Crippen molar-refractivity contribution >= 4 is 16.5 Å². The van der Waals surface area contributed by atoms with Crippen molar-refractivity contribution in [1.29, 1.82) is 0 Å². The Morgan fingerprint density at radius 3 is 3.00 bits per heavy atom. The predicted molar refractivity (Wildman–Crippen MR) is 57.7 cm³/mol. The van der Waals surface area contributed by atoms with E-state index in [4.69, 9.17) is 0 Å². The molecule has 0 aliphatic heterocycles. The predicted octanol–water partition coefficient (Wildman–Crippen LogP) is 1.74. The molecule has 0 aromatic carbocycles. The fourth-order valence-electron chi connectivity index (χ4n) is 1.21. The Labute approximate surface area is 86.6 Å². The lowest BCUT2D eigenvalue weighted by molar-refractivity contribution is 0.655. The lowest BCUT2D eigenvalue weighted by Crippen LogP contribution is -2.03. The van der Waals surface area contributed by atoms with Gasteiger partial charge in [-0.15, -0.1) is 11.3 Å². The maximum absolute atomic E-state index is 4.39. The van der Waals surface area contributed by atoms with Gasteiger partial charge in [0.2, 0.25) is 0 Å². The SMILES string of the molecule is CNc1nc(Cn2nccc2C)cs1. The number of nitrogens with zero attached hydrogens (tertiary/aromatic N) is 3. The van der Waals surface area contributed by atoms with Crippen molar-refractivity contribution in [2.45, 2.75) is 13.5 Å². The second-order valence-corrected chi connectivity index (χ2v) is 3.88. The van der Waals surface area contributed by atoms with E-state index in [0.29, 0.717) is 0 Å². The van der Waals surface area contributed by atoms with Crippen molar-refractivity contribution in [3.8, 4) is 0 Å². The molecular formula is C9H12N4S. The van der Waals surface area contributed by atoms with Gasteiger partial charge in [-0.2, -0.15) is 5.10 Å². The Kier molecular flexibility index (Phi) is 2.49. The molecule has 0 saturated carbocycles. The molecule has 0 spiro atoms. The summed E-state index contributed by atoms with van der Waals surface area (Å²) in [6.07, 6.45) is 1.81. The van der Waals surface area contributed by atoms with Crippen LogP contribution in [0.4, 0.5) is 5.13 Å². The molecule has 0 bridgehead atoms. The molecule has 0 radical (unpaired) electrons. The molecule has 2 heterocycles. The highest BCUT2D eigenvalue weighted by Crippen LogP contribution is 2.15. The third kappa shape index (κ3) is 1.77. The Bertz CT molecular complexity index is 418. The van der Waals surface area contributed by atoms with E-state index in [2.05, 4.69) is 15.4 Å². The molecule has 74 valence electrons. The molecule has 2 aromatic heterocycles. The summed E-state index contributed by atoms with van der Waals surface area (Å²) in [5, 5.41) is 10.2. The molecule has 5 heteroatoms. The van der Waals surface area contributed by atoms with Crippen molar-refractivity contribution in [1.82, 2.24) is 14.8 Å². The van der Waals surface area contributed by atoms with Crippen LogP contribution in [0, 0.1) is 6.92 Å². The summed E-state index contributed by atoms with van der Waals surface area (Å²) in [4.78, 5) is 4.39. The fraction of sp³-hybridized carbons (Fsp3) is 0.333. The van der Waals surface area contributed by atoms with Crippen LogP contribution in [0.25, 0.3) is 0 Å². The third-order valence-corrected chi connectivity index (χ3v) is 2.91. The molecule has 4 nitrogen and oxygen atoms in total. The van der Waals surface area contributed by atoms with Gasteiger partial charge in [0.15, 0.2) is 5.13 Å². The average Bonchev–Trinajstić information content (AvgIpc) is 2.77. The molecule has 0 fully saturated rings. The normalized spacial score (nSPS) is 10.4. The number of anilines is 1. The second-order valence-electron chi connectivity index (χ2n) is 3.02. The minimum atomic E-state index is 0.747. The Hall–Kier alpha value is -1.36. The standard InChI is InChI=1S/C9H12N4S/c1-7-3-4-11-13(7)5-8-6-14-9(10-2)12-8/h3-4,6H,5H2,1-2H3,(H,10,12). The average molecular weight is 208 g/mol. The van der Waals surface area contributed by atoms with E-state index in [-0.39, 0.29) is 0 Å². The van der Waals surface area contributed by atoms with Crippen molar-refractivity contribution in [3.05, 3.63) is 29.0 Å². The monoisotopic (exact) mass is 208 g/mol. The molecule has 0 saturated heterocycles. The van der Waals surface area contributed by atoms with Crippen LogP contribution in [0.15, 0.2) is 17.6 Å². The summed E-state index contributed by atoms with van der Waals surface area (Å²) in [5.74, 6) is 0. The van der Waals surface area contributed by atoms with Gasteiger partial charge in [-0.05, 0) is 13.0 Å².